The van der Waals surface area contributed by atoms with Crippen LogP contribution in [0.3, 0.4) is 0 Å². The van der Waals surface area contributed by atoms with Crippen molar-refractivity contribution in [3.05, 3.63) is 59.5 Å². The van der Waals surface area contributed by atoms with Crippen LogP contribution in [-0.4, -0.2) is 51.5 Å². The lowest BCUT2D eigenvalue weighted by Crippen LogP contribution is -2.35. The molecule has 4 rings (SSSR count). The van der Waals surface area contributed by atoms with Crippen molar-refractivity contribution in [1.29, 1.82) is 0 Å². The molecule has 1 amide bonds. The third kappa shape index (κ3) is 5.35. The van der Waals surface area contributed by atoms with Gasteiger partial charge in [0.1, 0.15) is 5.76 Å². The van der Waals surface area contributed by atoms with E-state index in [1.807, 2.05) is 31.3 Å². The second kappa shape index (κ2) is 10.3. The summed E-state index contributed by atoms with van der Waals surface area (Å²) in [5.74, 6) is 2.83. The predicted octanol–water partition coefficient (Wildman–Crippen LogP) is 4.21. The zero-order valence-corrected chi connectivity index (χ0v) is 19.8. The van der Waals surface area contributed by atoms with Crippen molar-refractivity contribution in [2.24, 2.45) is 5.92 Å². The Balaban J connectivity index is 1.45. The van der Waals surface area contributed by atoms with Gasteiger partial charge in [-0.25, -0.2) is 0 Å². The number of anilines is 1. The van der Waals surface area contributed by atoms with Crippen LogP contribution in [0.1, 0.15) is 36.7 Å². The topological polar surface area (TPSA) is 67.4 Å². The molecule has 1 aliphatic heterocycles. The summed E-state index contributed by atoms with van der Waals surface area (Å²) in [7, 11) is 1.85. The molecule has 0 atom stereocenters. The summed E-state index contributed by atoms with van der Waals surface area (Å²) in [6, 6.07) is 12.0. The maximum atomic E-state index is 12.8. The summed E-state index contributed by atoms with van der Waals surface area (Å²) in [5, 5.41) is 9.68. The van der Waals surface area contributed by atoms with Crippen molar-refractivity contribution in [3.8, 4) is 0 Å². The molecular formula is C24H31N5O2S. The lowest BCUT2D eigenvalue weighted by molar-refractivity contribution is -0.127. The van der Waals surface area contributed by atoms with Crippen LogP contribution in [0.15, 0.2) is 52.2 Å². The molecule has 7 nitrogen and oxygen atoms in total. The van der Waals surface area contributed by atoms with Gasteiger partial charge in [-0.3, -0.25) is 9.36 Å². The second-order valence-electron chi connectivity index (χ2n) is 8.58. The SMILES string of the molecule is Cc1ccccc1CN(C)C(=O)CSc1nnc(N2CCC(C)CC2)n1Cc1ccco1. The van der Waals surface area contributed by atoms with E-state index in [4.69, 9.17) is 4.42 Å². The van der Waals surface area contributed by atoms with Gasteiger partial charge >= 0.3 is 0 Å². The average molecular weight is 454 g/mol. The molecule has 0 radical (unpaired) electrons. The maximum absolute atomic E-state index is 12.8. The van der Waals surface area contributed by atoms with Crippen LogP contribution in [-0.2, 0) is 17.9 Å². The number of amides is 1. The first-order valence-electron chi connectivity index (χ1n) is 11.1. The van der Waals surface area contributed by atoms with Crippen molar-refractivity contribution >= 4 is 23.6 Å². The van der Waals surface area contributed by atoms with Crippen LogP contribution in [0.5, 0.6) is 0 Å². The summed E-state index contributed by atoms with van der Waals surface area (Å²) in [5.41, 5.74) is 2.36. The molecule has 32 heavy (non-hydrogen) atoms. The van der Waals surface area contributed by atoms with Gasteiger partial charge in [0.15, 0.2) is 5.16 Å². The van der Waals surface area contributed by atoms with E-state index in [0.29, 0.717) is 18.8 Å². The molecular weight excluding hydrogens is 422 g/mol. The minimum Gasteiger partial charge on any atom is -0.467 e. The number of piperidine rings is 1. The lowest BCUT2D eigenvalue weighted by atomic mass is 10.00. The molecule has 0 spiro atoms. The van der Waals surface area contributed by atoms with Gasteiger partial charge in [-0.1, -0.05) is 43.0 Å². The largest absolute Gasteiger partial charge is 0.467 e. The Morgan fingerprint density at radius 2 is 1.97 bits per heavy atom. The van der Waals surface area contributed by atoms with E-state index in [1.165, 1.54) is 17.3 Å². The smallest absolute Gasteiger partial charge is 0.233 e. The molecule has 1 aromatic carbocycles. The third-order valence-electron chi connectivity index (χ3n) is 6.08. The second-order valence-corrected chi connectivity index (χ2v) is 9.53. The van der Waals surface area contributed by atoms with Gasteiger partial charge < -0.3 is 14.2 Å². The predicted molar refractivity (Wildman–Crippen MR) is 127 cm³/mol. The number of carbonyl (C=O) groups is 1. The first kappa shape index (κ1) is 22.5. The van der Waals surface area contributed by atoms with Gasteiger partial charge in [-0.2, -0.15) is 0 Å². The molecule has 8 heteroatoms. The highest BCUT2D eigenvalue weighted by molar-refractivity contribution is 7.99. The minimum atomic E-state index is 0.0687. The highest BCUT2D eigenvalue weighted by Crippen LogP contribution is 2.27. The molecule has 3 heterocycles. The van der Waals surface area contributed by atoms with Crippen molar-refractivity contribution in [1.82, 2.24) is 19.7 Å². The number of aryl methyl sites for hydroxylation is 1. The van der Waals surface area contributed by atoms with Gasteiger partial charge in [-0.15, -0.1) is 10.2 Å². The van der Waals surface area contributed by atoms with Gasteiger partial charge in [-0.05, 0) is 48.9 Å². The highest BCUT2D eigenvalue weighted by Gasteiger charge is 2.24. The van der Waals surface area contributed by atoms with Gasteiger partial charge in [0, 0.05) is 26.7 Å². The number of hydrogen-bond acceptors (Lipinski definition) is 6. The van der Waals surface area contributed by atoms with E-state index in [1.54, 1.807) is 11.2 Å². The molecule has 1 aliphatic rings. The Labute approximate surface area is 193 Å². The van der Waals surface area contributed by atoms with Crippen LogP contribution in [0, 0.1) is 12.8 Å². The molecule has 0 N–H and O–H groups in total. The number of furan rings is 1. The van der Waals surface area contributed by atoms with Crippen LogP contribution in [0.2, 0.25) is 0 Å². The van der Waals surface area contributed by atoms with E-state index >= 15 is 0 Å². The average Bonchev–Trinajstić information content (AvgIpc) is 3.45. The van der Waals surface area contributed by atoms with Crippen LogP contribution in [0.4, 0.5) is 5.95 Å². The molecule has 0 bridgehead atoms. The quantitative estimate of drug-likeness (QED) is 0.476. The third-order valence-corrected chi connectivity index (χ3v) is 7.03. The first-order chi connectivity index (χ1) is 15.5. The maximum Gasteiger partial charge on any atom is 0.233 e. The molecule has 2 aromatic heterocycles. The zero-order valence-electron chi connectivity index (χ0n) is 19.0. The molecule has 170 valence electrons. The highest BCUT2D eigenvalue weighted by atomic mass is 32.2. The number of benzene rings is 1. The number of aromatic nitrogens is 3. The van der Waals surface area contributed by atoms with E-state index in [9.17, 15) is 4.79 Å². The zero-order chi connectivity index (χ0) is 22.5. The Kier molecular flexibility index (Phi) is 7.19. The van der Waals surface area contributed by atoms with Gasteiger partial charge in [0.05, 0.1) is 18.6 Å². The minimum absolute atomic E-state index is 0.0687. The van der Waals surface area contributed by atoms with Crippen LogP contribution in [0.25, 0.3) is 0 Å². The number of thioether (sulfide) groups is 1. The monoisotopic (exact) mass is 453 g/mol. The number of hydrogen-bond donors (Lipinski definition) is 0. The Morgan fingerprint density at radius 3 is 2.69 bits per heavy atom. The number of nitrogens with zero attached hydrogens (tertiary/aromatic N) is 5. The summed E-state index contributed by atoms with van der Waals surface area (Å²) < 4.78 is 7.66. The fourth-order valence-corrected chi connectivity index (χ4v) is 4.77. The summed E-state index contributed by atoms with van der Waals surface area (Å²) in [6.07, 6.45) is 3.98. The van der Waals surface area contributed by atoms with Crippen molar-refractivity contribution < 1.29 is 9.21 Å². The first-order valence-corrected chi connectivity index (χ1v) is 12.1. The van der Waals surface area contributed by atoms with Crippen molar-refractivity contribution in [2.45, 2.75) is 44.9 Å². The standard InChI is InChI=1S/C24H31N5O2S/c1-18-10-12-28(13-11-18)23-25-26-24(29(23)16-21-9-6-14-31-21)32-17-22(30)27(3)15-20-8-5-4-7-19(20)2/h4-9,14,18H,10-13,15-17H2,1-3H3. The fraction of sp³-hybridized carbons (Fsp3) is 0.458. The summed E-state index contributed by atoms with van der Waals surface area (Å²) in [6.45, 7) is 7.47. The molecule has 0 saturated carbocycles. The van der Waals surface area contributed by atoms with Crippen LogP contribution < -0.4 is 4.90 Å². The molecule has 0 unspecified atom stereocenters. The summed E-state index contributed by atoms with van der Waals surface area (Å²) >= 11 is 1.44. The van der Waals surface area contributed by atoms with Crippen LogP contribution >= 0.6 is 11.8 Å². The van der Waals surface area contributed by atoms with Gasteiger partial charge in [0.25, 0.3) is 0 Å². The van der Waals surface area contributed by atoms with Crippen molar-refractivity contribution in [2.75, 3.05) is 30.8 Å². The Bertz CT molecular complexity index is 1020. The Hall–Kier alpha value is -2.74. The fourth-order valence-electron chi connectivity index (χ4n) is 3.89. The number of carbonyl (C=O) groups excluding carboxylic acids is 1. The molecule has 0 aliphatic carbocycles. The summed E-state index contributed by atoms with van der Waals surface area (Å²) in [4.78, 5) is 16.9. The molecule has 1 fully saturated rings. The van der Waals surface area contributed by atoms with E-state index in [-0.39, 0.29) is 5.91 Å². The lowest BCUT2D eigenvalue weighted by Gasteiger charge is -2.31. The normalized spacial score (nSPS) is 14.7. The Morgan fingerprint density at radius 1 is 1.19 bits per heavy atom. The van der Waals surface area contributed by atoms with E-state index in [0.717, 1.165) is 54.3 Å². The molecule has 3 aromatic rings. The van der Waals surface area contributed by atoms with Gasteiger partial charge in [0.2, 0.25) is 11.9 Å². The number of rotatable bonds is 8. The van der Waals surface area contributed by atoms with E-state index in [2.05, 4.69) is 45.6 Å². The van der Waals surface area contributed by atoms with E-state index < -0.39 is 0 Å². The van der Waals surface area contributed by atoms with Crippen molar-refractivity contribution in [3.63, 3.8) is 0 Å². The molecule has 1 saturated heterocycles.